The van der Waals surface area contributed by atoms with Gasteiger partial charge in [-0.15, -0.1) is 11.3 Å². The lowest BCUT2D eigenvalue weighted by atomic mass is 10.2. The average molecular weight is 224 g/mol. The van der Waals surface area contributed by atoms with E-state index in [1.165, 1.54) is 0 Å². The minimum absolute atomic E-state index is 0.255. The predicted octanol–water partition coefficient (Wildman–Crippen LogP) is 1.11. The van der Waals surface area contributed by atoms with Gasteiger partial charge in [-0.1, -0.05) is 6.07 Å². The highest BCUT2D eigenvalue weighted by Crippen LogP contribution is 2.11. The Kier molecular flexibility index (Phi) is 3.38. The highest BCUT2D eigenvalue weighted by atomic mass is 32.1. The minimum atomic E-state index is 0.255. The molecule has 0 aliphatic carbocycles. The van der Waals surface area contributed by atoms with Gasteiger partial charge in [-0.2, -0.15) is 0 Å². The van der Waals surface area contributed by atoms with Gasteiger partial charge in [-0.25, -0.2) is 0 Å². The first-order valence-electron chi connectivity index (χ1n) is 5.29. The number of rotatable bonds is 2. The molecule has 1 atom stereocenters. The fraction of sp³-hybridized carbons (Fsp3) is 0.545. The Morgan fingerprint density at radius 3 is 3.27 bits per heavy atom. The second-order valence-corrected chi connectivity index (χ2v) is 4.98. The molecule has 1 aliphatic heterocycles. The highest BCUT2D eigenvalue weighted by Gasteiger charge is 2.20. The van der Waals surface area contributed by atoms with E-state index in [4.69, 9.17) is 0 Å². The van der Waals surface area contributed by atoms with Gasteiger partial charge in [-0.3, -0.25) is 4.79 Å². The monoisotopic (exact) mass is 224 g/mol. The fourth-order valence-corrected chi connectivity index (χ4v) is 2.53. The number of amides is 1. The van der Waals surface area contributed by atoms with Crippen molar-refractivity contribution in [2.45, 2.75) is 19.4 Å². The van der Waals surface area contributed by atoms with Crippen molar-refractivity contribution in [3.8, 4) is 0 Å². The number of hydrogen-bond donors (Lipinski definition) is 1. The third-order valence-corrected chi connectivity index (χ3v) is 3.50. The first kappa shape index (κ1) is 10.6. The topological polar surface area (TPSA) is 32.3 Å². The lowest BCUT2D eigenvalue weighted by Gasteiger charge is -2.31. The van der Waals surface area contributed by atoms with Gasteiger partial charge >= 0.3 is 0 Å². The molecular formula is C11H16N2OS. The van der Waals surface area contributed by atoms with Gasteiger partial charge in [0.05, 0.1) is 6.42 Å². The SMILES string of the molecule is C[C@H]1CN(C(=O)Cc2cccs2)CCN1. The minimum Gasteiger partial charge on any atom is -0.340 e. The van der Waals surface area contributed by atoms with Crippen LogP contribution in [-0.4, -0.2) is 36.5 Å². The molecule has 1 N–H and O–H groups in total. The first-order valence-corrected chi connectivity index (χ1v) is 6.17. The molecule has 0 unspecified atom stereocenters. The maximum atomic E-state index is 11.9. The van der Waals surface area contributed by atoms with Crippen LogP contribution in [0.5, 0.6) is 0 Å². The summed E-state index contributed by atoms with van der Waals surface area (Å²) >= 11 is 1.65. The number of carbonyl (C=O) groups is 1. The van der Waals surface area contributed by atoms with E-state index in [0.29, 0.717) is 12.5 Å². The van der Waals surface area contributed by atoms with Crippen LogP contribution in [0.4, 0.5) is 0 Å². The van der Waals surface area contributed by atoms with Crippen molar-refractivity contribution in [2.24, 2.45) is 0 Å². The molecule has 15 heavy (non-hydrogen) atoms. The molecular weight excluding hydrogens is 208 g/mol. The summed E-state index contributed by atoms with van der Waals surface area (Å²) < 4.78 is 0. The third kappa shape index (κ3) is 2.79. The van der Waals surface area contributed by atoms with Crippen molar-refractivity contribution in [3.63, 3.8) is 0 Å². The molecule has 2 heterocycles. The molecule has 1 fully saturated rings. The van der Waals surface area contributed by atoms with E-state index in [0.717, 1.165) is 24.5 Å². The van der Waals surface area contributed by atoms with Crippen molar-refractivity contribution in [1.82, 2.24) is 10.2 Å². The number of piperazine rings is 1. The molecule has 0 bridgehead atoms. The number of nitrogens with one attached hydrogen (secondary N) is 1. The summed E-state index contributed by atoms with van der Waals surface area (Å²) in [7, 11) is 0. The Morgan fingerprint density at radius 1 is 1.73 bits per heavy atom. The van der Waals surface area contributed by atoms with Crippen molar-refractivity contribution in [1.29, 1.82) is 0 Å². The largest absolute Gasteiger partial charge is 0.340 e. The molecule has 1 aliphatic rings. The van der Waals surface area contributed by atoms with Crippen LogP contribution >= 0.6 is 11.3 Å². The van der Waals surface area contributed by atoms with Gasteiger partial charge in [0.1, 0.15) is 0 Å². The van der Waals surface area contributed by atoms with Crippen LogP contribution in [0.1, 0.15) is 11.8 Å². The van der Waals surface area contributed by atoms with Crippen molar-refractivity contribution in [2.75, 3.05) is 19.6 Å². The molecule has 0 radical (unpaired) electrons. The second kappa shape index (κ2) is 4.77. The smallest absolute Gasteiger partial charge is 0.227 e. The number of carbonyl (C=O) groups excluding carboxylic acids is 1. The van der Waals surface area contributed by atoms with Gasteiger partial charge in [0.15, 0.2) is 0 Å². The maximum Gasteiger partial charge on any atom is 0.227 e. The van der Waals surface area contributed by atoms with E-state index in [1.54, 1.807) is 11.3 Å². The normalized spacial score (nSPS) is 21.7. The van der Waals surface area contributed by atoms with Crippen LogP contribution < -0.4 is 5.32 Å². The zero-order valence-corrected chi connectivity index (χ0v) is 9.72. The molecule has 1 aromatic heterocycles. The lowest BCUT2D eigenvalue weighted by Crippen LogP contribution is -2.51. The van der Waals surface area contributed by atoms with Crippen LogP contribution in [0, 0.1) is 0 Å². The van der Waals surface area contributed by atoms with E-state index < -0.39 is 0 Å². The Bertz CT molecular complexity index is 323. The van der Waals surface area contributed by atoms with Crippen LogP contribution in [0.15, 0.2) is 17.5 Å². The Hall–Kier alpha value is -0.870. The summed E-state index contributed by atoms with van der Waals surface area (Å²) in [6.07, 6.45) is 0.560. The lowest BCUT2D eigenvalue weighted by molar-refractivity contribution is -0.131. The number of nitrogens with zero attached hydrogens (tertiary/aromatic N) is 1. The Balaban J connectivity index is 1.90. The van der Waals surface area contributed by atoms with Gasteiger partial charge in [0.25, 0.3) is 0 Å². The van der Waals surface area contributed by atoms with E-state index in [2.05, 4.69) is 12.2 Å². The summed E-state index contributed by atoms with van der Waals surface area (Å²) in [4.78, 5) is 15.0. The molecule has 0 spiro atoms. The maximum absolute atomic E-state index is 11.9. The summed E-state index contributed by atoms with van der Waals surface area (Å²) in [6.45, 7) is 4.71. The summed E-state index contributed by atoms with van der Waals surface area (Å²) in [6, 6.07) is 4.44. The first-order chi connectivity index (χ1) is 7.25. The van der Waals surface area contributed by atoms with Gasteiger partial charge in [0.2, 0.25) is 5.91 Å². The second-order valence-electron chi connectivity index (χ2n) is 3.95. The molecule has 4 heteroatoms. The molecule has 0 saturated carbocycles. The van der Waals surface area contributed by atoms with E-state index >= 15 is 0 Å². The molecule has 1 aromatic rings. The summed E-state index contributed by atoms with van der Waals surface area (Å²) in [5, 5.41) is 5.35. The molecule has 82 valence electrons. The molecule has 1 amide bonds. The number of hydrogen-bond acceptors (Lipinski definition) is 3. The van der Waals surface area contributed by atoms with Gasteiger partial charge in [-0.05, 0) is 18.4 Å². The van der Waals surface area contributed by atoms with Crippen LogP contribution in [0.3, 0.4) is 0 Å². The molecule has 3 nitrogen and oxygen atoms in total. The molecule has 1 saturated heterocycles. The van der Waals surface area contributed by atoms with E-state index in [-0.39, 0.29) is 5.91 Å². The summed E-state index contributed by atoms with van der Waals surface area (Å²) in [5.74, 6) is 0.255. The average Bonchev–Trinajstić information content (AvgIpc) is 2.70. The summed E-state index contributed by atoms with van der Waals surface area (Å²) in [5.41, 5.74) is 0. The molecule has 2 rings (SSSR count). The van der Waals surface area contributed by atoms with Crippen LogP contribution in [-0.2, 0) is 11.2 Å². The van der Waals surface area contributed by atoms with Crippen molar-refractivity contribution < 1.29 is 4.79 Å². The predicted molar refractivity (Wildman–Crippen MR) is 62.1 cm³/mol. The molecule has 0 aromatic carbocycles. The van der Waals surface area contributed by atoms with Crippen LogP contribution in [0.25, 0.3) is 0 Å². The fourth-order valence-electron chi connectivity index (χ4n) is 1.83. The van der Waals surface area contributed by atoms with E-state index in [9.17, 15) is 4.79 Å². The van der Waals surface area contributed by atoms with Gasteiger partial charge in [0, 0.05) is 30.6 Å². The van der Waals surface area contributed by atoms with E-state index in [1.807, 2.05) is 22.4 Å². The highest BCUT2D eigenvalue weighted by molar-refractivity contribution is 7.10. The van der Waals surface area contributed by atoms with Crippen molar-refractivity contribution >= 4 is 17.2 Å². The quantitative estimate of drug-likeness (QED) is 0.816. The third-order valence-electron chi connectivity index (χ3n) is 2.63. The zero-order valence-electron chi connectivity index (χ0n) is 8.90. The van der Waals surface area contributed by atoms with Crippen LogP contribution in [0.2, 0.25) is 0 Å². The standard InChI is InChI=1S/C11H16N2OS/c1-9-8-13(5-4-12-9)11(14)7-10-3-2-6-15-10/h2-3,6,9,12H,4-5,7-8H2,1H3/t9-/m0/s1. The van der Waals surface area contributed by atoms with Crippen molar-refractivity contribution in [3.05, 3.63) is 22.4 Å². The Morgan fingerprint density at radius 2 is 2.60 bits per heavy atom. The number of thiophene rings is 1. The van der Waals surface area contributed by atoms with Gasteiger partial charge < -0.3 is 10.2 Å². The Labute approximate surface area is 94.1 Å². The zero-order chi connectivity index (χ0) is 10.7.